The molecule has 0 saturated carbocycles. The maximum absolute atomic E-state index is 12.5. The average Bonchev–Trinajstić information content (AvgIpc) is 2.67. The summed E-state index contributed by atoms with van der Waals surface area (Å²) in [6.45, 7) is 1.69. The predicted molar refractivity (Wildman–Crippen MR) is 111 cm³/mol. The van der Waals surface area contributed by atoms with Crippen molar-refractivity contribution in [3.63, 3.8) is 0 Å². The van der Waals surface area contributed by atoms with Crippen LogP contribution in [-0.2, 0) is 14.8 Å². The Morgan fingerprint density at radius 3 is 2.30 bits per heavy atom. The van der Waals surface area contributed by atoms with E-state index in [1.165, 1.54) is 48.2 Å². The summed E-state index contributed by atoms with van der Waals surface area (Å²) in [7, 11) is -0.801. The molecule has 0 saturated heterocycles. The van der Waals surface area contributed by atoms with E-state index in [2.05, 4.69) is 10.0 Å². The van der Waals surface area contributed by atoms with Gasteiger partial charge in [0, 0.05) is 49.9 Å². The molecule has 0 fully saturated rings. The number of nitrogens with zero attached hydrogens (tertiary/aromatic N) is 2. The largest absolute Gasteiger partial charge is 0.352 e. The molecule has 2 amide bonds. The van der Waals surface area contributed by atoms with E-state index in [0.717, 1.165) is 6.07 Å². The molecular weight excluding hydrogens is 412 g/mol. The van der Waals surface area contributed by atoms with Crippen molar-refractivity contribution >= 4 is 33.2 Å². The second kappa shape index (κ2) is 9.35. The lowest BCUT2D eigenvalue weighted by atomic mass is 10.2. The summed E-state index contributed by atoms with van der Waals surface area (Å²) in [4.78, 5) is 35.2. The van der Waals surface area contributed by atoms with Crippen LogP contribution in [-0.4, -0.2) is 50.7 Å². The molecule has 2 rings (SSSR count). The van der Waals surface area contributed by atoms with Gasteiger partial charge < -0.3 is 10.2 Å². The summed E-state index contributed by atoms with van der Waals surface area (Å²) >= 11 is 0. The fourth-order valence-corrected chi connectivity index (χ4v) is 3.54. The molecule has 10 nitrogen and oxygen atoms in total. The van der Waals surface area contributed by atoms with Crippen molar-refractivity contribution in [2.24, 2.45) is 0 Å². The molecule has 0 atom stereocenters. The molecule has 0 aliphatic heterocycles. The highest BCUT2D eigenvalue weighted by molar-refractivity contribution is 7.92. The summed E-state index contributed by atoms with van der Waals surface area (Å²) in [5.74, 6) is -0.512. The van der Waals surface area contributed by atoms with Crippen LogP contribution in [0.4, 0.5) is 11.4 Å². The molecule has 0 radical (unpaired) electrons. The molecule has 0 aliphatic rings. The van der Waals surface area contributed by atoms with Gasteiger partial charge >= 0.3 is 0 Å². The first-order valence-corrected chi connectivity index (χ1v) is 10.4. The number of amides is 2. The van der Waals surface area contributed by atoms with Crippen LogP contribution in [0.15, 0.2) is 47.4 Å². The molecule has 0 heterocycles. The van der Waals surface area contributed by atoms with Gasteiger partial charge in [-0.3, -0.25) is 24.4 Å². The van der Waals surface area contributed by atoms with Gasteiger partial charge in [-0.2, -0.15) is 0 Å². The van der Waals surface area contributed by atoms with Crippen molar-refractivity contribution in [1.82, 2.24) is 10.2 Å². The van der Waals surface area contributed by atoms with Gasteiger partial charge in [-0.15, -0.1) is 0 Å². The van der Waals surface area contributed by atoms with Crippen LogP contribution in [0.5, 0.6) is 0 Å². The molecule has 0 aromatic heterocycles. The molecule has 0 aliphatic carbocycles. The molecule has 0 unspecified atom stereocenters. The van der Waals surface area contributed by atoms with E-state index < -0.39 is 20.9 Å². The Morgan fingerprint density at radius 1 is 1.10 bits per heavy atom. The number of sulfonamides is 1. The second-order valence-corrected chi connectivity index (χ2v) is 8.36. The second-order valence-electron chi connectivity index (χ2n) is 6.68. The quantitative estimate of drug-likeness (QED) is 0.481. The van der Waals surface area contributed by atoms with Crippen molar-refractivity contribution in [2.75, 3.05) is 25.4 Å². The van der Waals surface area contributed by atoms with Gasteiger partial charge in [0.15, 0.2) is 0 Å². The zero-order valence-corrected chi connectivity index (χ0v) is 17.5. The zero-order valence-electron chi connectivity index (χ0n) is 16.7. The van der Waals surface area contributed by atoms with Crippen LogP contribution in [0.1, 0.15) is 22.3 Å². The fourth-order valence-electron chi connectivity index (χ4n) is 2.47. The number of hydrogen-bond acceptors (Lipinski definition) is 6. The minimum Gasteiger partial charge on any atom is -0.352 e. The SMILES string of the molecule is Cc1ccc(S(=O)(=O)Nc2ccc(C(=O)NCCC(=O)N(C)C)cc2)cc1[N+](=O)[O-]. The highest BCUT2D eigenvalue weighted by Crippen LogP contribution is 2.24. The van der Waals surface area contributed by atoms with Gasteiger partial charge in [-0.05, 0) is 37.3 Å². The molecule has 0 bridgehead atoms. The third-order valence-electron chi connectivity index (χ3n) is 4.21. The first kappa shape index (κ1) is 22.8. The summed E-state index contributed by atoms with van der Waals surface area (Å²) < 4.78 is 27.4. The van der Waals surface area contributed by atoms with Gasteiger partial charge in [0.25, 0.3) is 21.6 Å². The first-order chi connectivity index (χ1) is 14.0. The van der Waals surface area contributed by atoms with E-state index in [0.29, 0.717) is 11.1 Å². The van der Waals surface area contributed by atoms with Gasteiger partial charge in [-0.25, -0.2) is 8.42 Å². The molecular formula is C19H22N4O6S. The Kier molecular flexibility index (Phi) is 7.11. The minimum absolute atomic E-state index is 0.114. The van der Waals surface area contributed by atoms with Gasteiger partial charge in [0.1, 0.15) is 0 Å². The third-order valence-corrected chi connectivity index (χ3v) is 5.59. The maximum Gasteiger partial charge on any atom is 0.273 e. The minimum atomic E-state index is -4.05. The van der Waals surface area contributed by atoms with E-state index in [-0.39, 0.29) is 35.1 Å². The number of nitrogens with one attached hydrogen (secondary N) is 2. The van der Waals surface area contributed by atoms with Crippen LogP contribution < -0.4 is 10.0 Å². The van der Waals surface area contributed by atoms with Crippen molar-refractivity contribution in [1.29, 1.82) is 0 Å². The normalized spacial score (nSPS) is 10.9. The van der Waals surface area contributed by atoms with Crippen LogP contribution in [0.25, 0.3) is 0 Å². The third kappa shape index (κ3) is 5.77. The standard InChI is InChI=1S/C19H22N4O6S/c1-13-4-9-16(12-17(13)23(26)27)30(28,29)21-15-7-5-14(6-8-15)19(25)20-11-10-18(24)22(2)3/h4-9,12,21H,10-11H2,1-3H3,(H,20,25). The molecule has 30 heavy (non-hydrogen) atoms. The number of rotatable bonds is 8. The fraction of sp³-hybridized carbons (Fsp3) is 0.263. The van der Waals surface area contributed by atoms with E-state index >= 15 is 0 Å². The highest BCUT2D eigenvalue weighted by Gasteiger charge is 2.20. The number of nitro groups is 1. The van der Waals surface area contributed by atoms with E-state index in [9.17, 15) is 28.1 Å². The number of carbonyl (C=O) groups excluding carboxylic acids is 2. The first-order valence-electron chi connectivity index (χ1n) is 8.87. The van der Waals surface area contributed by atoms with E-state index in [1.54, 1.807) is 14.1 Å². The predicted octanol–water partition coefficient (Wildman–Crippen LogP) is 1.91. The van der Waals surface area contributed by atoms with Crippen molar-refractivity contribution in [2.45, 2.75) is 18.2 Å². The average molecular weight is 434 g/mol. The van der Waals surface area contributed by atoms with Crippen molar-refractivity contribution in [3.8, 4) is 0 Å². The molecule has 11 heteroatoms. The lowest BCUT2D eigenvalue weighted by Crippen LogP contribution is -2.30. The number of hydrogen-bond donors (Lipinski definition) is 2. The number of benzene rings is 2. The lowest BCUT2D eigenvalue weighted by molar-refractivity contribution is -0.385. The van der Waals surface area contributed by atoms with E-state index in [1.807, 2.05) is 0 Å². The Hall–Kier alpha value is -3.47. The van der Waals surface area contributed by atoms with Gasteiger partial charge in [0.05, 0.1) is 9.82 Å². The molecule has 2 aromatic rings. The van der Waals surface area contributed by atoms with Crippen LogP contribution >= 0.6 is 0 Å². The molecule has 2 N–H and O–H groups in total. The smallest absolute Gasteiger partial charge is 0.273 e. The van der Waals surface area contributed by atoms with Crippen LogP contribution in [0.2, 0.25) is 0 Å². The lowest BCUT2D eigenvalue weighted by Gasteiger charge is -2.11. The van der Waals surface area contributed by atoms with Crippen LogP contribution in [0.3, 0.4) is 0 Å². The zero-order chi connectivity index (χ0) is 22.5. The summed E-state index contributed by atoms with van der Waals surface area (Å²) in [5, 5.41) is 13.6. The summed E-state index contributed by atoms with van der Waals surface area (Å²) in [5.41, 5.74) is 0.540. The monoisotopic (exact) mass is 434 g/mol. The van der Waals surface area contributed by atoms with E-state index in [4.69, 9.17) is 0 Å². The number of carbonyl (C=O) groups is 2. The molecule has 160 valence electrons. The highest BCUT2D eigenvalue weighted by atomic mass is 32.2. The van der Waals surface area contributed by atoms with Crippen molar-refractivity contribution < 1.29 is 22.9 Å². The van der Waals surface area contributed by atoms with Gasteiger partial charge in [0.2, 0.25) is 5.91 Å². The topological polar surface area (TPSA) is 139 Å². The summed E-state index contributed by atoms with van der Waals surface area (Å²) in [6.07, 6.45) is 0.166. The number of aryl methyl sites for hydroxylation is 1. The Balaban J connectivity index is 2.06. The summed E-state index contributed by atoms with van der Waals surface area (Å²) in [6, 6.07) is 9.30. The Bertz CT molecular complexity index is 1060. The number of anilines is 1. The van der Waals surface area contributed by atoms with Crippen LogP contribution in [0, 0.1) is 17.0 Å². The number of nitro benzene ring substituents is 1. The molecule has 2 aromatic carbocycles. The van der Waals surface area contributed by atoms with Crippen molar-refractivity contribution in [3.05, 3.63) is 63.7 Å². The Labute approximate surface area is 174 Å². The maximum atomic E-state index is 12.5. The Morgan fingerprint density at radius 2 is 1.73 bits per heavy atom. The molecule has 0 spiro atoms. The van der Waals surface area contributed by atoms with Gasteiger partial charge in [-0.1, -0.05) is 6.07 Å².